The number of ketones is 1. The van der Waals surface area contributed by atoms with Gasteiger partial charge in [0.1, 0.15) is 0 Å². The Morgan fingerprint density at radius 3 is 2.65 bits per heavy atom. The molecule has 7 heteroatoms. The van der Waals surface area contributed by atoms with Crippen molar-refractivity contribution in [2.24, 2.45) is 10.8 Å². The molecule has 0 saturated heterocycles. The summed E-state index contributed by atoms with van der Waals surface area (Å²) < 4.78 is 0. The number of aromatic nitrogens is 1. The minimum Gasteiger partial charge on any atom is -0.394 e. The molecule has 0 radical (unpaired) electrons. The van der Waals surface area contributed by atoms with Gasteiger partial charge in [-0.25, -0.2) is 5.84 Å². The molecule has 2 aromatic rings. The number of pyridine rings is 1. The molecule has 0 amide bonds. The third-order valence-electron chi connectivity index (χ3n) is 5.92. The Hall–Kier alpha value is -3.55. The lowest BCUT2D eigenvalue weighted by molar-refractivity contribution is 0.101. The molecule has 0 spiro atoms. The fourth-order valence-electron chi connectivity index (χ4n) is 3.83. The summed E-state index contributed by atoms with van der Waals surface area (Å²) in [5.74, 6) is 6.61. The van der Waals surface area contributed by atoms with Crippen LogP contribution in [0.4, 0.5) is 5.69 Å². The van der Waals surface area contributed by atoms with E-state index >= 15 is 0 Å². The quantitative estimate of drug-likeness (QED) is 0.190. The second-order valence-corrected chi connectivity index (χ2v) is 8.34. The highest BCUT2D eigenvalue weighted by atomic mass is 16.3. The number of nitrogens with two attached hydrogens (primary N) is 1. The number of rotatable bonds is 12. The fraction of sp³-hybridized carbons (Fsp3) is 0.296. The predicted octanol–water partition coefficient (Wildman–Crippen LogP) is 4.23. The second-order valence-electron chi connectivity index (χ2n) is 8.34. The third-order valence-corrected chi connectivity index (χ3v) is 5.92. The largest absolute Gasteiger partial charge is 0.394 e. The molecule has 2 atom stereocenters. The number of nitrogens with zero attached hydrogens (tertiary/aromatic N) is 3. The summed E-state index contributed by atoms with van der Waals surface area (Å²) in [6.45, 7) is 5.83. The van der Waals surface area contributed by atoms with Crippen LogP contribution in [-0.4, -0.2) is 46.8 Å². The number of anilines is 1. The molecule has 1 aliphatic rings. The van der Waals surface area contributed by atoms with E-state index in [2.05, 4.69) is 40.2 Å². The molecular formula is C27H33N5O2. The van der Waals surface area contributed by atoms with Crippen LogP contribution in [0, 0.1) is 0 Å². The van der Waals surface area contributed by atoms with Crippen molar-refractivity contribution >= 4 is 18.2 Å². The maximum Gasteiger partial charge on any atom is 0.159 e. The average molecular weight is 460 g/mol. The molecule has 1 aromatic carbocycles. The Morgan fingerprint density at radius 2 is 2.06 bits per heavy atom. The number of carbonyl (C=O) groups excluding carboxylic acids is 1. The molecular weight excluding hydrogens is 426 g/mol. The first-order chi connectivity index (χ1) is 16.5. The van der Waals surface area contributed by atoms with Gasteiger partial charge in [0.25, 0.3) is 0 Å². The van der Waals surface area contributed by atoms with E-state index in [4.69, 9.17) is 5.84 Å². The van der Waals surface area contributed by atoms with Crippen LogP contribution in [0.3, 0.4) is 0 Å². The van der Waals surface area contributed by atoms with Crippen molar-refractivity contribution in [2.45, 2.75) is 38.1 Å². The van der Waals surface area contributed by atoms with Crippen LogP contribution in [-0.2, 0) is 0 Å². The summed E-state index contributed by atoms with van der Waals surface area (Å²) in [4.78, 5) is 19.6. The number of hydrazine groups is 1. The average Bonchev–Trinajstić information content (AvgIpc) is 2.87. The van der Waals surface area contributed by atoms with Crippen molar-refractivity contribution in [3.8, 4) is 0 Å². The zero-order chi connectivity index (χ0) is 24.3. The topological polar surface area (TPSA) is 104 Å². The molecule has 1 unspecified atom stereocenters. The first-order valence-corrected chi connectivity index (χ1v) is 11.4. The van der Waals surface area contributed by atoms with E-state index in [1.54, 1.807) is 25.5 Å². The smallest absolute Gasteiger partial charge is 0.159 e. The Morgan fingerprint density at radius 1 is 1.32 bits per heavy atom. The van der Waals surface area contributed by atoms with E-state index in [1.165, 1.54) is 10.6 Å². The number of aliphatic imine (C=N–C) groups is 1. The predicted molar refractivity (Wildman–Crippen MR) is 138 cm³/mol. The van der Waals surface area contributed by atoms with Gasteiger partial charge in [0.05, 0.1) is 18.3 Å². The van der Waals surface area contributed by atoms with Gasteiger partial charge >= 0.3 is 0 Å². The van der Waals surface area contributed by atoms with Crippen LogP contribution < -0.4 is 11.2 Å². The summed E-state index contributed by atoms with van der Waals surface area (Å²) >= 11 is 0. The number of benzene rings is 1. The summed E-state index contributed by atoms with van der Waals surface area (Å²) in [6, 6.07) is 11.3. The van der Waals surface area contributed by atoms with Crippen LogP contribution in [0.25, 0.3) is 0 Å². The van der Waals surface area contributed by atoms with Gasteiger partial charge < -0.3 is 15.4 Å². The SMILES string of the molecule is C=N/C(=C\N(N)[C@H](CO)CC1=CCC(c2ccc(C(C)=O)cc2)C=C1)CCNc1ccncc1. The number of hydrogen-bond acceptors (Lipinski definition) is 7. The molecule has 1 aromatic heterocycles. The van der Waals surface area contributed by atoms with Crippen LogP contribution >= 0.6 is 0 Å². The van der Waals surface area contributed by atoms with Gasteiger partial charge in [-0.1, -0.05) is 48.1 Å². The van der Waals surface area contributed by atoms with Gasteiger partial charge in [-0.3, -0.25) is 14.8 Å². The van der Waals surface area contributed by atoms with Gasteiger partial charge in [-0.2, -0.15) is 0 Å². The van der Waals surface area contributed by atoms with Crippen LogP contribution in [0.1, 0.15) is 48.0 Å². The molecule has 34 heavy (non-hydrogen) atoms. The van der Waals surface area contributed by atoms with Crippen LogP contribution in [0.5, 0.6) is 0 Å². The van der Waals surface area contributed by atoms with Crippen molar-refractivity contribution in [3.63, 3.8) is 0 Å². The monoisotopic (exact) mass is 459 g/mol. The molecule has 178 valence electrons. The Balaban J connectivity index is 1.53. The zero-order valence-electron chi connectivity index (χ0n) is 19.6. The van der Waals surface area contributed by atoms with Gasteiger partial charge in [-0.05, 0) is 44.2 Å². The minimum absolute atomic E-state index is 0.0724. The molecule has 0 bridgehead atoms. The van der Waals surface area contributed by atoms with Crippen molar-refractivity contribution in [3.05, 3.63) is 95.6 Å². The first-order valence-electron chi connectivity index (χ1n) is 11.4. The number of allylic oxidation sites excluding steroid dienone is 3. The van der Waals surface area contributed by atoms with E-state index < -0.39 is 0 Å². The van der Waals surface area contributed by atoms with E-state index in [0.717, 1.165) is 28.9 Å². The van der Waals surface area contributed by atoms with E-state index in [9.17, 15) is 9.90 Å². The maximum atomic E-state index is 11.5. The molecule has 1 heterocycles. The highest BCUT2D eigenvalue weighted by molar-refractivity contribution is 5.94. The Bertz CT molecular complexity index is 1040. The summed E-state index contributed by atoms with van der Waals surface area (Å²) in [5, 5.41) is 14.8. The first kappa shape index (κ1) is 25.1. The zero-order valence-corrected chi connectivity index (χ0v) is 19.6. The fourth-order valence-corrected chi connectivity index (χ4v) is 3.83. The van der Waals surface area contributed by atoms with Crippen LogP contribution in [0.2, 0.25) is 0 Å². The van der Waals surface area contributed by atoms with E-state index in [1.807, 2.05) is 36.4 Å². The van der Waals surface area contributed by atoms with Crippen LogP contribution in [0.15, 0.2) is 89.5 Å². The normalized spacial score (nSPS) is 16.5. The molecule has 0 fully saturated rings. The summed E-state index contributed by atoms with van der Waals surface area (Å²) in [6.07, 6.45) is 13.8. The Labute approximate surface area is 201 Å². The van der Waals surface area contributed by atoms with Crippen molar-refractivity contribution in [1.29, 1.82) is 0 Å². The minimum atomic E-state index is -0.271. The third kappa shape index (κ3) is 7.23. The van der Waals surface area contributed by atoms with E-state index in [-0.39, 0.29) is 24.3 Å². The lowest BCUT2D eigenvalue weighted by atomic mass is 9.88. The molecule has 3 rings (SSSR count). The molecule has 7 nitrogen and oxygen atoms in total. The van der Waals surface area contributed by atoms with Gasteiger partial charge in [-0.15, -0.1) is 0 Å². The van der Waals surface area contributed by atoms with Crippen molar-refractivity contribution in [2.75, 3.05) is 18.5 Å². The van der Waals surface area contributed by atoms with Gasteiger partial charge in [0, 0.05) is 48.7 Å². The number of nitrogens with one attached hydrogen (secondary N) is 1. The Kier molecular flexibility index (Phi) is 9.31. The van der Waals surface area contributed by atoms with Gasteiger partial charge in [0.15, 0.2) is 5.78 Å². The molecule has 0 saturated carbocycles. The van der Waals surface area contributed by atoms with E-state index in [0.29, 0.717) is 19.4 Å². The molecule has 0 aliphatic heterocycles. The van der Waals surface area contributed by atoms with Crippen molar-refractivity contribution in [1.82, 2.24) is 9.99 Å². The number of Topliss-reactive ketones (excluding diaryl/α,β-unsaturated/α-hetero) is 1. The second kappa shape index (κ2) is 12.6. The van der Waals surface area contributed by atoms with Gasteiger partial charge in [0.2, 0.25) is 0 Å². The maximum absolute atomic E-state index is 11.5. The number of carbonyl (C=O) groups is 1. The van der Waals surface area contributed by atoms with Crippen molar-refractivity contribution < 1.29 is 9.90 Å². The lowest BCUT2D eigenvalue weighted by Crippen LogP contribution is -2.39. The highest BCUT2D eigenvalue weighted by Gasteiger charge is 2.17. The highest BCUT2D eigenvalue weighted by Crippen LogP contribution is 2.29. The molecule has 4 N–H and O–H groups in total. The summed E-state index contributed by atoms with van der Waals surface area (Å²) in [7, 11) is 0. The lowest BCUT2D eigenvalue weighted by Gasteiger charge is -2.27. The number of aliphatic hydroxyl groups excluding tert-OH is 1. The molecule has 1 aliphatic carbocycles. The standard InChI is InChI=1S/C27H33N5O2/c1-20(34)22-7-9-24(10-8-22)23-5-3-21(4-6-23)17-27(19-33)32(28)18-26(29-2)13-16-31-25-11-14-30-15-12-25/h3-5,7-12,14-15,18,23,27,33H,2,6,13,16-17,19,28H2,1H3,(H,30,31)/b26-18-/t23?,27-/m0/s1. The number of hydrogen-bond donors (Lipinski definition) is 3. The number of aliphatic hydroxyl groups is 1. The summed E-state index contributed by atoms with van der Waals surface area (Å²) in [5.41, 5.74) is 4.76.